The zero-order valence-corrected chi connectivity index (χ0v) is 17.5. The minimum absolute atomic E-state index is 0.0860. The second-order valence-electron chi connectivity index (χ2n) is 7.27. The fourth-order valence-electron chi connectivity index (χ4n) is 3.36. The van der Waals surface area contributed by atoms with Gasteiger partial charge in [-0.3, -0.25) is 9.59 Å². The summed E-state index contributed by atoms with van der Waals surface area (Å²) >= 11 is 6.30. The maximum Gasteiger partial charge on any atom is 0.253 e. The number of ether oxygens (including phenoxy) is 1. The molecular weight excluding hydrogens is 390 g/mol. The molecule has 0 spiro atoms. The molecule has 152 valence electrons. The lowest BCUT2D eigenvalue weighted by atomic mass is 10.0. The van der Waals surface area contributed by atoms with Gasteiger partial charge >= 0.3 is 0 Å². The number of morpholine rings is 1. The molecule has 6 nitrogen and oxygen atoms in total. The molecule has 1 aromatic carbocycles. The van der Waals surface area contributed by atoms with E-state index in [-0.39, 0.29) is 24.0 Å². The first-order chi connectivity index (χ1) is 13.8. The van der Waals surface area contributed by atoms with Crippen LogP contribution in [0.2, 0.25) is 5.15 Å². The molecule has 1 unspecified atom stereocenters. The van der Waals surface area contributed by atoms with Crippen LogP contribution in [0.25, 0.3) is 11.3 Å². The second-order valence-corrected chi connectivity index (χ2v) is 7.66. The molecule has 1 aliphatic heterocycles. The molecule has 0 saturated carbocycles. The van der Waals surface area contributed by atoms with Crippen LogP contribution in [-0.2, 0) is 9.53 Å². The highest BCUT2D eigenvalue weighted by Gasteiger charge is 2.29. The average molecular weight is 414 g/mol. The lowest BCUT2D eigenvalue weighted by molar-refractivity contribution is -0.139. The molecule has 0 aliphatic carbocycles. The standard InChI is InChI=1S/C22H24ClN3O3/c1-5-21(27)26-12-14(2)29-19(13-26)17-10-18(24-20(23)11-17)15-7-6-8-16(9-15)22(28)25(3)4/h5-11,14,19H,1,12-13H2,2-4H3/t14-,19?/m0/s1. The van der Waals surface area contributed by atoms with Gasteiger partial charge in [-0.2, -0.15) is 0 Å². The van der Waals surface area contributed by atoms with E-state index < -0.39 is 0 Å². The van der Waals surface area contributed by atoms with Gasteiger partial charge in [0, 0.05) is 31.8 Å². The Morgan fingerprint density at radius 3 is 2.72 bits per heavy atom. The molecule has 3 rings (SSSR count). The van der Waals surface area contributed by atoms with Gasteiger partial charge in [-0.25, -0.2) is 4.98 Å². The number of hydrogen-bond acceptors (Lipinski definition) is 4. The molecule has 1 saturated heterocycles. The Kier molecular flexibility index (Phi) is 6.35. The number of carbonyl (C=O) groups is 2. The predicted molar refractivity (Wildman–Crippen MR) is 113 cm³/mol. The Morgan fingerprint density at radius 1 is 1.28 bits per heavy atom. The maximum absolute atomic E-state index is 12.3. The van der Waals surface area contributed by atoms with Gasteiger partial charge in [0.1, 0.15) is 11.3 Å². The topological polar surface area (TPSA) is 62.7 Å². The summed E-state index contributed by atoms with van der Waals surface area (Å²) in [5, 5.41) is 0.324. The maximum atomic E-state index is 12.3. The smallest absolute Gasteiger partial charge is 0.253 e. The molecule has 2 heterocycles. The Labute approximate surface area is 175 Å². The zero-order chi connectivity index (χ0) is 21.1. The van der Waals surface area contributed by atoms with E-state index in [1.807, 2.05) is 25.1 Å². The van der Waals surface area contributed by atoms with Crippen LogP contribution >= 0.6 is 11.6 Å². The SMILES string of the molecule is C=CC(=O)N1CC(c2cc(Cl)nc(-c3cccc(C(=O)N(C)C)c3)c2)O[C@@H](C)C1. The van der Waals surface area contributed by atoms with Crippen molar-refractivity contribution in [3.05, 3.63) is 65.3 Å². The molecule has 0 N–H and O–H groups in total. The summed E-state index contributed by atoms with van der Waals surface area (Å²) in [4.78, 5) is 32.0. The van der Waals surface area contributed by atoms with Gasteiger partial charge < -0.3 is 14.5 Å². The molecule has 1 fully saturated rings. The van der Waals surface area contributed by atoms with Gasteiger partial charge in [-0.15, -0.1) is 0 Å². The molecule has 0 radical (unpaired) electrons. The van der Waals surface area contributed by atoms with E-state index in [4.69, 9.17) is 16.3 Å². The van der Waals surface area contributed by atoms with E-state index in [1.165, 1.54) is 11.0 Å². The van der Waals surface area contributed by atoms with Crippen LogP contribution < -0.4 is 0 Å². The summed E-state index contributed by atoms with van der Waals surface area (Å²) in [5.74, 6) is -0.211. The molecule has 2 atom stereocenters. The van der Waals surface area contributed by atoms with Crippen LogP contribution in [0, 0.1) is 0 Å². The third kappa shape index (κ3) is 4.83. The molecular formula is C22H24ClN3O3. The normalized spacial score (nSPS) is 19.0. The number of halogens is 1. The minimum atomic E-state index is -0.325. The molecule has 1 aromatic heterocycles. The highest BCUT2D eigenvalue weighted by atomic mass is 35.5. The minimum Gasteiger partial charge on any atom is -0.367 e. The molecule has 2 amide bonds. The van der Waals surface area contributed by atoms with Crippen molar-refractivity contribution in [2.75, 3.05) is 27.2 Å². The fraction of sp³-hybridized carbons (Fsp3) is 0.318. The average Bonchev–Trinajstić information content (AvgIpc) is 2.71. The van der Waals surface area contributed by atoms with Crippen molar-refractivity contribution in [3.63, 3.8) is 0 Å². The van der Waals surface area contributed by atoms with Crippen LogP contribution in [0.5, 0.6) is 0 Å². The van der Waals surface area contributed by atoms with E-state index >= 15 is 0 Å². The number of rotatable bonds is 4. The van der Waals surface area contributed by atoms with Gasteiger partial charge in [-0.1, -0.05) is 30.3 Å². The number of benzene rings is 1. The summed E-state index contributed by atoms with van der Waals surface area (Å²) < 4.78 is 6.06. The quantitative estimate of drug-likeness (QED) is 0.567. The first-order valence-corrected chi connectivity index (χ1v) is 9.72. The van der Waals surface area contributed by atoms with E-state index in [1.54, 1.807) is 37.2 Å². The fourth-order valence-corrected chi connectivity index (χ4v) is 3.58. The van der Waals surface area contributed by atoms with Gasteiger partial charge in [0.25, 0.3) is 5.91 Å². The number of carbonyl (C=O) groups excluding carboxylic acids is 2. The lowest BCUT2D eigenvalue weighted by Crippen LogP contribution is -2.45. The Bertz CT molecular complexity index is 945. The third-order valence-electron chi connectivity index (χ3n) is 4.75. The van der Waals surface area contributed by atoms with Crippen molar-refractivity contribution in [1.82, 2.24) is 14.8 Å². The first-order valence-electron chi connectivity index (χ1n) is 9.35. The van der Waals surface area contributed by atoms with E-state index in [9.17, 15) is 9.59 Å². The van der Waals surface area contributed by atoms with Gasteiger partial charge in [0.05, 0.1) is 18.3 Å². The first kappa shape index (κ1) is 21.0. The third-order valence-corrected chi connectivity index (χ3v) is 4.94. The van der Waals surface area contributed by atoms with Gasteiger partial charge in [0.15, 0.2) is 0 Å². The number of aromatic nitrogens is 1. The van der Waals surface area contributed by atoms with Crippen molar-refractivity contribution in [3.8, 4) is 11.3 Å². The number of amides is 2. The number of hydrogen-bond donors (Lipinski definition) is 0. The van der Waals surface area contributed by atoms with Crippen molar-refractivity contribution in [1.29, 1.82) is 0 Å². The van der Waals surface area contributed by atoms with Crippen molar-refractivity contribution in [2.24, 2.45) is 0 Å². The summed E-state index contributed by atoms with van der Waals surface area (Å²) in [6, 6.07) is 10.9. The van der Waals surface area contributed by atoms with Crippen LogP contribution in [0.4, 0.5) is 0 Å². The number of pyridine rings is 1. The zero-order valence-electron chi connectivity index (χ0n) is 16.8. The van der Waals surface area contributed by atoms with E-state index in [2.05, 4.69) is 11.6 Å². The van der Waals surface area contributed by atoms with Crippen LogP contribution in [0.1, 0.15) is 28.9 Å². The Hall–Kier alpha value is -2.70. The monoisotopic (exact) mass is 413 g/mol. The molecule has 2 aromatic rings. The van der Waals surface area contributed by atoms with E-state index in [0.717, 1.165) is 11.1 Å². The lowest BCUT2D eigenvalue weighted by Gasteiger charge is -2.36. The van der Waals surface area contributed by atoms with Gasteiger partial charge in [0.2, 0.25) is 5.91 Å². The largest absolute Gasteiger partial charge is 0.367 e. The van der Waals surface area contributed by atoms with E-state index in [0.29, 0.717) is 29.5 Å². The highest BCUT2D eigenvalue weighted by Crippen LogP contribution is 2.30. The molecule has 7 heteroatoms. The molecule has 0 bridgehead atoms. The van der Waals surface area contributed by atoms with Crippen molar-refractivity contribution in [2.45, 2.75) is 19.1 Å². The number of nitrogens with zero attached hydrogens (tertiary/aromatic N) is 3. The van der Waals surface area contributed by atoms with Crippen molar-refractivity contribution < 1.29 is 14.3 Å². The molecule has 1 aliphatic rings. The molecule has 29 heavy (non-hydrogen) atoms. The predicted octanol–water partition coefficient (Wildman–Crippen LogP) is 3.58. The Balaban J connectivity index is 1.95. The second kappa shape index (κ2) is 8.76. The summed E-state index contributed by atoms with van der Waals surface area (Å²) in [5.41, 5.74) is 2.83. The van der Waals surface area contributed by atoms with Crippen molar-refractivity contribution >= 4 is 23.4 Å². The highest BCUT2D eigenvalue weighted by molar-refractivity contribution is 6.29. The summed E-state index contributed by atoms with van der Waals surface area (Å²) in [7, 11) is 3.42. The Morgan fingerprint density at radius 2 is 2.03 bits per heavy atom. The van der Waals surface area contributed by atoms with Gasteiger partial charge in [-0.05, 0) is 42.8 Å². The van der Waals surface area contributed by atoms with Crippen LogP contribution in [0.3, 0.4) is 0 Å². The van der Waals surface area contributed by atoms with Crippen LogP contribution in [0.15, 0.2) is 49.1 Å². The summed E-state index contributed by atoms with van der Waals surface area (Å²) in [6.07, 6.45) is 0.871. The van der Waals surface area contributed by atoms with Crippen LogP contribution in [-0.4, -0.2) is 59.9 Å². The summed E-state index contributed by atoms with van der Waals surface area (Å²) in [6.45, 7) is 6.42.